The minimum Gasteiger partial charge on any atom is -0.384 e. The number of halogens is 1. The number of hydrogen-bond donors (Lipinski definition) is 3. The Morgan fingerprint density at radius 3 is 2.03 bits per heavy atom. The van der Waals surface area contributed by atoms with E-state index in [4.69, 9.17) is 11.6 Å². The van der Waals surface area contributed by atoms with E-state index in [1.54, 1.807) is 31.2 Å². The van der Waals surface area contributed by atoms with Crippen molar-refractivity contribution in [2.75, 3.05) is 6.54 Å². The highest BCUT2D eigenvalue weighted by atomic mass is 35.5. The number of rotatable bonds is 6. The van der Waals surface area contributed by atoms with E-state index < -0.39 is 17.4 Å². The van der Waals surface area contributed by atoms with Gasteiger partial charge < -0.3 is 15.7 Å². The van der Waals surface area contributed by atoms with E-state index in [-0.39, 0.29) is 13.1 Å². The normalized spacial score (nSPS) is 12.6. The van der Waals surface area contributed by atoms with Crippen molar-refractivity contribution >= 4 is 23.4 Å². The molecule has 154 valence electrons. The third kappa shape index (κ3) is 5.69. The highest BCUT2D eigenvalue weighted by molar-refractivity contribution is 6.35. The molecule has 0 bridgehead atoms. The summed E-state index contributed by atoms with van der Waals surface area (Å²) in [5, 5.41) is 16.4. The van der Waals surface area contributed by atoms with Gasteiger partial charge in [-0.1, -0.05) is 78.3 Å². The molecule has 0 radical (unpaired) electrons. The lowest BCUT2D eigenvalue weighted by atomic mass is 9.93. The fraction of sp³-hybridized carbons (Fsp3) is 0.167. The van der Waals surface area contributed by atoms with E-state index in [0.29, 0.717) is 10.6 Å². The molecule has 0 aliphatic carbocycles. The molecule has 3 rings (SSSR count). The summed E-state index contributed by atoms with van der Waals surface area (Å²) >= 11 is 5.82. The molecule has 1 unspecified atom stereocenters. The molecule has 3 N–H and O–H groups in total. The van der Waals surface area contributed by atoms with Crippen molar-refractivity contribution in [3.63, 3.8) is 0 Å². The maximum atomic E-state index is 12.1. The topological polar surface area (TPSA) is 78.4 Å². The zero-order chi connectivity index (χ0) is 21.6. The predicted molar refractivity (Wildman–Crippen MR) is 118 cm³/mol. The smallest absolute Gasteiger partial charge is 0.309 e. The van der Waals surface area contributed by atoms with E-state index in [9.17, 15) is 14.7 Å². The van der Waals surface area contributed by atoms with Crippen LogP contribution in [0.15, 0.2) is 78.9 Å². The lowest BCUT2D eigenvalue weighted by molar-refractivity contribution is -0.139. The Morgan fingerprint density at radius 1 is 0.833 bits per heavy atom. The fourth-order valence-electron chi connectivity index (χ4n) is 2.95. The van der Waals surface area contributed by atoms with Gasteiger partial charge in [-0.2, -0.15) is 0 Å². The first-order valence-electron chi connectivity index (χ1n) is 9.54. The fourth-order valence-corrected chi connectivity index (χ4v) is 3.08. The van der Waals surface area contributed by atoms with Gasteiger partial charge in [0.25, 0.3) is 0 Å². The van der Waals surface area contributed by atoms with Crippen LogP contribution in [0.4, 0.5) is 0 Å². The molecule has 0 saturated heterocycles. The van der Waals surface area contributed by atoms with Gasteiger partial charge in [-0.05, 0) is 41.3 Å². The van der Waals surface area contributed by atoms with Crippen LogP contribution in [0.25, 0.3) is 11.1 Å². The number of aliphatic hydroxyl groups is 1. The SMILES string of the molecule is CC(O)(CNC(=O)C(=O)NCc1ccc(Cl)cc1)c1ccc(-c2ccccc2)cc1. The third-order valence-electron chi connectivity index (χ3n) is 4.78. The van der Waals surface area contributed by atoms with Crippen LogP contribution >= 0.6 is 11.6 Å². The van der Waals surface area contributed by atoms with Gasteiger partial charge >= 0.3 is 11.8 Å². The van der Waals surface area contributed by atoms with Crippen LogP contribution in [0.1, 0.15) is 18.1 Å². The summed E-state index contributed by atoms with van der Waals surface area (Å²) in [5.41, 5.74) is 2.26. The molecule has 30 heavy (non-hydrogen) atoms. The Morgan fingerprint density at radius 2 is 1.40 bits per heavy atom. The van der Waals surface area contributed by atoms with Crippen molar-refractivity contribution in [1.82, 2.24) is 10.6 Å². The molecular formula is C24H23ClN2O3. The van der Waals surface area contributed by atoms with Gasteiger partial charge in [0.1, 0.15) is 5.60 Å². The predicted octanol–water partition coefficient (Wildman–Crippen LogP) is 3.65. The second kappa shape index (κ2) is 9.57. The van der Waals surface area contributed by atoms with Crippen LogP contribution in [0, 0.1) is 0 Å². The van der Waals surface area contributed by atoms with Crippen LogP contribution in [-0.2, 0) is 21.7 Å². The van der Waals surface area contributed by atoms with Gasteiger partial charge in [-0.15, -0.1) is 0 Å². The molecule has 0 aromatic heterocycles. The van der Waals surface area contributed by atoms with E-state index in [0.717, 1.165) is 16.7 Å². The summed E-state index contributed by atoms with van der Waals surface area (Å²) < 4.78 is 0. The van der Waals surface area contributed by atoms with Gasteiger partial charge in [0.05, 0.1) is 6.54 Å². The minimum atomic E-state index is -1.32. The van der Waals surface area contributed by atoms with Crippen molar-refractivity contribution in [3.8, 4) is 11.1 Å². The monoisotopic (exact) mass is 422 g/mol. The van der Waals surface area contributed by atoms with Crippen LogP contribution in [0.5, 0.6) is 0 Å². The maximum Gasteiger partial charge on any atom is 0.309 e. The number of hydrogen-bond acceptors (Lipinski definition) is 3. The van der Waals surface area contributed by atoms with Gasteiger partial charge in [-0.25, -0.2) is 0 Å². The number of nitrogens with one attached hydrogen (secondary N) is 2. The number of carbonyl (C=O) groups excluding carboxylic acids is 2. The van der Waals surface area contributed by atoms with Gasteiger partial charge in [0.15, 0.2) is 0 Å². The lowest BCUT2D eigenvalue weighted by Gasteiger charge is -2.24. The molecule has 6 heteroatoms. The van der Waals surface area contributed by atoms with E-state index in [1.807, 2.05) is 54.6 Å². The summed E-state index contributed by atoms with van der Waals surface area (Å²) in [6.45, 7) is 1.71. The van der Waals surface area contributed by atoms with E-state index in [1.165, 1.54) is 0 Å². The summed E-state index contributed by atoms with van der Waals surface area (Å²) in [6, 6.07) is 24.3. The third-order valence-corrected chi connectivity index (χ3v) is 5.03. The zero-order valence-electron chi connectivity index (χ0n) is 16.6. The van der Waals surface area contributed by atoms with Crippen molar-refractivity contribution in [1.29, 1.82) is 0 Å². The Bertz CT molecular complexity index is 1000. The molecular weight excluding hydrogens is 400 g/mol. The molecule has 0 aliphatic heterocycles. The summed E-state index contributed by atoms with van der Waals surface area (Å²) in [4.78, 5) is 24.1. The molecule has 5 nitrogen and oxygen atoms in total. The van der Waals surface area contributed by atoms with Crippen molar-refractivity contribution in [3.05, 3.63) is 95.0 Å². The van der Waals surface area contributed by atoms with Crippen LogP contribution in [-0.4, -0.2) is 23.5 Å². The molecule has 3 aromatic carbocycles. The first-order valence-corrected chi connectivity index (χ1v) is 9.92. The first-order chi connectivity index (χ1) is 14.3. The van der Waals surface area contributed by atoms with Gasteiger partial charge in [-0.3, -0.25) is 9.59 Å². The standard InChI is InChI=1S/C24H23ClN2O3/c1-24(30,20-11-9-19(10-12-20)18-5-3-2-4-6-18)16-27-23(29)22(28)26-15-17-7-13-21(25)14-8-17/h2-14,30H,15-16H2,1H3,(H,26,28)(H,27,29). The lowest BCUT2D eigenvalue weighted by Crippen LogP contribution is -2.45. The van der Waals surface area contributed by atoms with Gasteiger partial charge in [0, 0.05) is 11.6 Å². The molecule has 0 fully saturated rings. The van der Waals surface area contributed by atoms with Crippen LogP contribution in [0.2, 0.25) is 5.02 Å². The summed E-state index contributed by atoms with van der Waals surface area (Å²) in [5.74, 6) is -1.56. The second-order valence-corrected chi connectivity index (χ2v) is 7.65. The molecule has 3 aromatic rings. The molecule has 0 saturated carbocycles. The second-order valence-electron chi connectivity index (χ2n) is 7.21. The first kappa shape index (κ1) is 21.6. The Hall–Kier alpha value is -3.15. The summed E-state index contributed by atoms with van der Waals surface area (Å²) in [7, 11) is 0. The average molecular weight is 423 g/mol. The number of benzene rings is 3. The number of carbonyl (C=O) groups is 2. The van der Waals surface area contributed by atoms with Crippen molar-refractivity contribution in [2.45, 2.75) is 19.1 Å². The van der Waals surface area contributed by atoms with E-state index >= 15 is 0 Å². The van der Waals surface area contributed by atoms with E-state index in [2.05, 4.69) is 10.6 Å². The zero-order valence-corrected chi connectivity index (χ0v) is 17.3. The minimum absolute atomic E-state index is 0.0924. The molecule has 0 heterocycles. The van der Waals surface area contributed by atoms with Crippen molar-refractivity contribution in [2.24, 2.45) is 0 Å². The Labute approximate surface area is 180 Å². The van der Waals surface area contributed by atoms with Gasteiger partial charge in [0.2, 0.25) is 0 Å². The maximum absolute atomic E-state index is 12.1. The molecule has 0 aliphatic rings. The average Bonchev–Trinajstić information content (AvgIpc) is 2.77. The summed E-state index contributed by atoms with van der Waals surface area (Å²) in [6.07, 6.45) is 0. The van der Waals surface area contributed by atoms with Crippen LogP contribution in [0.3, 0.4) is 0 Å². The molecule has 1 atom stereocenters. The Balaban J connectivity index is 1.53. The molecule has 2 amide bonds. The largest absolute Gasteiger partial charge is 0.384 e. The highest BCUT2D eigenvalue weighted by Gasteiger charge is 2.25. The van der Waals surface area contributed by atoms with Crippen LogP contribution < -0.4 is 10.6 Å². The number of amides is 2. The quantitative estimate of drug-likeness (QED) is 0.530. The van der Waals surface area contributed by atoms with Crippen molar-refractivity contribution < 1.29 is 14.7 Å². The highest BCUT2D eigenvalue weighted by Crippen LogP contribution is 2.24. The molecule has 0 spiro atoms. The Kier molecular flexibility index (Phi) is 6.87.